The van der Waals surface area contributed by atoms with Crippen LogP contribution in [0.25, 0.3) is 0 Å². The van der Waals surface area contributed by atoms with Gasteiger partial charge in [-0.2, -0.15) is 0 Å². The molecule has 0 heterocycles. The van der Waals surface area contributed by atoms with E-state index < -0.39 is 5.25 Å². The maximum Gasteiger partial charge on any atom is 0.237 e. The zero-order valence-electron chi connectivity index (χ0n) is 16.4. The molecule has 0 unspecified atom stereocenters. The number of ether oxygens (including phenoxy) is 2. The Kier molecular flexibility index (Phi) is 8.68. The van der Waals surface area contributed by atoms with Gasteiger partial charge in [0.05, 0.1) is 35.6 Å². The van der Waals surface area contributed by atoms with Crippen LogP contribution in [0, 0.1) is 0 Å². The smallest absolute Gasteiger partial charge is 0.237 e. The fraction of sp³-hybridized carbons (Fsp3) is 0.333. The Morgan fingerprint density at radius 2 is 1.39 bits per heavy atom. The van der Waals surface area contributed by atoms with E-state index in [0.29, 0.717) is 36.1 Å². The fourth-order valence-corrected chi connectivity index (χ4v) is 3.08. The normalized spacial score (nSPS) is 11.4. The molecule has 0 bridgehead atoms. The molecule has 0 radical (unpaired) electrons. The molecule has 6 nitrogen and oxygen atoms in total. The number of thioether (sulfide) groups is 1. The summed E-state index contributed by atoms with van der Waals surface area (Å²) in [5.41, 5.74) is 1.24. The molecule has 2 amide bonds. The highest BCUT2D eigenvalue weighted by molar-refractivity contribution is 8.01. The summed E-state index contributed by atoms with van der Waals surface area (Å²) in [5, 5.41) is 5.29. The van der Waals surface area contributed by atoms with Crippen molar-refractivity contribution in [2.75, 3.05) is 29.6 Å². The molecule has 1 atom stereocenters. The van der Waals surface area contributed by atoms with Gasteiger partial charge in [0.2, 0.25) is 11.8 Å². The first-order valence-electron chi connectivity index (χ1n) is 9.21. The van der Waals surface area contributed by atoms with Crippen molar-refractivity contribution in [2.24, 2.45) is 0 Å². The number of amides is 2. The third-order valence-corrected chi connectivity index (χ3v) is 4.88. The summed E-state index contributed by atoms with van der Waals surface area (Å²) in [6.07, 6.45) is 0. The molecule has 0 spiro atoms. The largest absolute Gasteiger partial charge is 0.492 e. The minimum atomic E-state index is -0.400. The molecule has 0 aromatic heterocycles. The summed E-state index contributed by atoms with van der Waals surface area (Å²) < 4.78 is 11.0. The Balaban J connectivity index is 1.87. The molecule has 0 aliphatic heterocycles. The topological polar surface area (TPSA) is 76.7 Å². The minimum Gasteiger partial charge on any atom is -0.492 e. The van der Waals surface area contributed by atoms with Crippen LogP contribution in [-0.4, -0.2) is 36.0 Å². The second-order valence-corrected chi connectivity index (χ2v) is 7.18. The summed E-state index contributed by atoms with van der Waals surface area (Å²) in [6, 6.07) is 14.5. The van der Waals surface area contributed by atoms with Crippen LogP contribution in [0.15, 0.2) is 48.5 Å². The molecule has 0 saturated heterocycles. The van der Waals surface area contributed by atoms with Crippen LogP contribution in [0.4, 0.5) is 11.4 Å². The van der Waals surface area contributed by atoms with Crippen LogP contribution in [0.2, 0.25) is 0 Å². The van der Waals surface area contributed by atoms with E-state index in [9.17, 15) is 9.59 Å². The number of carbonyl (C=O) groups excluding carboxylic acids is 2. The zero-order chi connectivity index (χ0) is 20.4. The molecular weight excluding hydrogens is 376 g/mol. The third kappa shape index (κ3) is 6.49. The van der Waals surface area contributed by atoms with Gasteiger partial charge in [-0.25, -0.2) is 0 Å². The molecule has 150 valence electrons. The second-order valence-electron chi connectivity index (χ2n) is 5.85. The Morgan fingerprint density at radius 1 is 0.893 bits per heavy atom. The summed E-state index contributed by atoms with van der Waals surface area (Å²) in [6.45, 7) is 6.57. The Bertz CT molecular complexity index is 797. The second kappa shape index (κ2) is 11.2. The number of benzene rings is 2. The van der Waals surface area contributed by atoms with Gasteiger partial charge < -0.3 is 20.1 Å². The van der Waals surface area contributed by atoms with Crippen LogP contribution in [0.1, 0.15) is 20.8 Å². The highest BCUT2D eigenvalue weighted by Gasteiger charge is 2.17. The van der Waals surface area contributed by atoms with Crippen LogP contribution >= 0.6 is 11.8 Å². The van der Waals surface area contributed by atoms with Gasteiger partial charge in [-0.05, 0) is 45.0 Å². The molecule has 2 aromatic rings. The van der Waals surface area contributed by atoms with Gasteiger partial charge >= 0.3 is 0 Å². The Labute approximate surface area is 170 Å². The first-order valence-corrected chi connectivity index (χ1v) is 10.3. The van der Waals surface area contributed by atoms with E-state index in [1.165, 1.54) is 11.8 Å². The van der Waals surface area contributed by atoms with Gasteiger partial charge in [0.1, 0.15) is 11.5 Å². The average Bonchev–Trinajstić information content (AvgIpc) is 2.69. The van der Waals surface area contributed by atoms with Crippen molar-refractivity contribution < 1.29 is 19.1 Å². The summed E-state index contributed by atoms with van der Waals surface area (Å²) in [5.74, 6) is 1.04. The van der Waals surface area contributed by atoms with Crippen LogP contribution in [0.3, 0.4) is 0 Å². The predicted octanol–water partition coefficient (Wildman–Crippen LogP) is 4.18. The Morgan fingerprint density at radius 3 is 1.93 bits per heavy atom. The van der Waals surface area contributed by atoms with Crippen molar-refractivity contribution in [1.82, 2.24) is 0 Å². The van der Waals surface area contributed by atoms with E-state index in [2.05, 4.69) is 10.6 Å². The van der Waals surface area contributed by atoms with E-state index in [1.807, 2.05) is 38.1 Å². The molecule has 2 rings (SSSR count). The lowest BCUT2D eigenvalue weighted by molar-refractivity contribution is -0.115. The van der Waals surface area contributed by atoms with E-state index in [0.717, 1.165) is 0 Å². The number of para-hydroxylation sites is 4. The lowest BCUT2D eigenvalue weighted by Gasteiger charge is -2.15. The van der Waals surface area contributed by atoms with Crippen molar-refractivity contribution >= 4 is 35.0 Å². The minimum absolute atomic E-state index is 0.155. The van der Waals surface area contributed by atoms with Gasteiger partial charge in [-0.1, -0.05) is 24.3 Å². The van der Waals surface area contributed by atoms with Gasteiger partial charge in [-0.15, -0.1) is 11.8 Å². The van der Waals surface area contributed by atoms with Crippen LogP contribution < -0.4 is 20.1 Å². The maximum absolute atomic E-state index is 12.4. The number of nitrogens with one attached hydrogen (secondary N) is 2. The van der Waals surface area contributed by atoms with Crippen LogP contribution in [0.5, 0.6) is 11.5 Å². The molecule has 2 N–H and O–H groups in total. The lowest BCUT2D eigenvalue weighted by Crippen LogP contribution is -2.25. The summed E-state index contributed by atoms with van der Waals surface area (Å²) in [7, 11) is 0. The van der Waals surface area contributed by atoms with Crippen molar-refractivity contribution in [3.8, 4) is 11.5 Å². The van der Waals surface area contributed by atoms with Crippen molar-refractivity contribution in [1.29, 1.82) is 0 Å². The first-order chi connectivity index (χ1) is 13.5. The SMILES string of the molecule is CCOc1ccccc1NC(=O)CS[C@H](C)C(=O)Nc1ccccc1OCC. The Hall–Kier alpha value is -2.67. The van der Waals surface area contributed by atoms with Gasteiger partial charge in [0.15, 0.2) is 0 Å². The molecule has 0 aliphatic carbocycles. The molecule has 0 fully saturated rings. The highest BCUT2D eigenvalue weighted by Crippen LogP contribution is 2.26. The number of hydrogen-bond acceptors (Lipinski definition) is 5. The number of carbonyl (C=O) groups is 2. The molecular formula is C21H26N2O4S. The van der Waals surface area contributed by atoms with Crippen molar-refractivity contribution in [3.05, 3.63) is 48.5 Å². The molecule has 0 aliphatic rings. The predicted molar refractivity (Wildman–Crippen MR) is 114 cm³/mol. The fourth-order valence-electron chi connectivity index (χ4n) is 2.40. The maximum atomic E-state index is 12.4. The van der Waals surface area contributed by atoms with Gasteiger partial charge in [0.25, 0.3) is 0 Å². The summed E-state index contributed by atoms with van der Waals surface area (Å²) >= 11 is 1.26. The molecule has 0 saturated carbocycles. The molecule has 2 aromatic carbocycles. The van der Waals surface area contributed by atoms with E-state index in [4.69, 9.17) is 9.47 Å². The van der Waals surface area contributed by atoms with E-state index >= 15 is 0 Å². The highest BCUT2D eigenvalue weighted by atomic mass is 32.2. The lowest BCUT2D eigenvalue weighted by atomic mass is 10.3. The van der Waals surface area contributed by atoms with Gasteiger partial charge in [-0.3, -0.25) is 9.59 Å². The molecule has 28 heavy (non-hydrogen) atoms. The monoisotopic (exact) mass is 402 g/mol. The summed E-state index contributed by atoms with van der Waals surface area (Å²) in [4.78, 5) is 24.7. The van der Waals surface area contributed by atoms with E-state index in [1.54, 1.807) is 31.2 Å². The zero-order valence-corrected chi connectivity index (χ0v) is 17.2. The average molecular weight is 403 g/mol. The molecule has 7 heteroatoms. The number of anilines is 2. The first kappa shape index (κ1) is 21.6. The van der Waals surface area contributed by atoms with Crippen molar-refractivity contribution in [2.45, 2.75) is 26.0 Å². The number of hydrogen-bond donors (Lipinski definition) is 2. The van der Waals surface area contributed by atoms with Gasteiger partial charge in [0, 0.05) is 0 Å². The van der Waals surface area contributed by atoms with Crippen molar-refractivity contribution in [3.63, 3.8) is 0 Å². The standard InChI is InChI=1S/C21H26N2O4S/c1-4-26-18-12-8-6-10-16(18)22-20(24)14-28-15(3)21(25)23-17-11-7-9-13-19(17)27-5-2/h6-13,15H,4-5,14H2,1-3H3,(H,22,24)(H,23,25)/t15-/m1/s1. The quantitative estimate of drug-likeness (QED) is 0.623. The third-order valence-electron chi connectivity index (χ3n) is 3.74. The van der Waals surface area contributed by atoms with E-state index in [-0.39, 0.29) is 17.6 Å². The number of rotatable bonds is 10. The van der Waals surface area contributed by atoms with Crippen LogP contribution in [-0.2, 0) is 9.59 Å².